The number of hydrogen-bond donors (Lipinski definition) is 1. The third-order valence-corrected chi connectivity index (χ3v) is 3.44. The first kappa shape index (κ1) is 17.8. The van der Waals surface area contributed by atoms with Gasteiger partial charge in [0.1, 0.15) is 5.75 Å². The highest BCUT2D eigenvalue weighted by Gasteiger charge is 2.30. The number of benzene rings is 2. The van der Waals surface area contributed by atoms with Crippen molar-refractivity contribution in [2.24, 2.45) is 0 Å². The number of alkyl halides is 3. The number of ether oxygens (including phenoxy) is 1. The molecule has 128 valence electrons. The smallest absolute Gasteiger partial charge is 0.416 e. The van der Waals surface area contributed by atoms with E-state index in [0.717, 1.165) is 17.7 Å². The molecule has 0 fully saturated rings. The first-order valence-corrected chi connectivity index (χ1v) is 7.51. The molecule has 0 bridgehead atoms. The second-order valence-corrected chi connectivity index (χ2v) is 5.39. The van der Waals surface area contributed by atoms with E-state index in [-0.39, 0.29) is 0 Å². The number of anilines is 1. The third-order valence-electron chi connectivity index (χ3n) is 3.44. The van der Waals surface area contributed by atoms with Crippen molar-refractivity contribution in [3.63, 3.8) is 0 Å². The fourth-order valence-electron chi connectivity index (χ4n) is 2.07. The number of carbonyl (C=O) groups is 1. The van der Waals surface area contributed by atoms with Crippen LogP contribution in [0.25, 0.3) is 0 Å². The Balaban J connectivity index is 2.02. The summed E-state index contributed by atoms with van der Waals surface area (Å²) < 4.78 is 43.2. The second kappa shape index (κ2) is 7.38. The largest absolute Gasteiger partial charge is 0.481 e. The molecule has 0 heterocycles. The molecule has 24 heavy (non-hydrogen) atoms. The van der Waals surface area contributed by atoms with Gasteiger partial charge in [-0.1, -0.05) is 24.6 Å². The summed E-state index contributed by atoms with van der Waals surface area (Å²) in [5, 5.41) is 2.57. The van der Waals surface area contributed by atoms with Crippen LogP contribution in [0, 0.1) is 6.92 Å². The van der Waals surface area contributed by atoms with Crippen LogP contribution in [0.4, 0.5) is 18.9 Å². The van der Waals surface area contributed by atoms with Crippen LogP contribution in [-0.4, -0.2) is 12.0 Å². The normalized spacial score (nSPS) is 12.5. The van der Waals surface area contributed by atoms with Gasteiger partial charge in [-0.05, 0) is 49.7 Å². The lowest BCUT2D eigenvalue weighted by Crippen LogP contribution is -2.32. The minimum Gasteiger partial charge on any atom is -0.481 e. The predicted molar refractivity (Wildman–Crippen MR) is 86.0 cm³/mol. The summed E-state index contributed by atoms with van der Waals surface area (Å²) >= 11 is 0. The van der Waals surface area contributed by atoms with Gasteiger partial charge in [-0.15, -0.1) is 0 Å². The van der Waals surface area contributed by atoms with Crippen molar-refractivity contribution in [1.29, 1.82) is 0 Å². The molecule has 0 saturated carbocycles. The van der Waals surface area contributed by atoms with Gasteiger partial charge in [0, 0.05) is 5.69 Å². The monoisotopic (exact) mass is 337 g/mol. The summed E-state index contributed by atoms with van der Waals surface area (Å²) in [6.07, 6.45) is -4.70. The number of rotatable bonds is 5. The van der Waals surface area contributed by atoms with Crippen molar-refractivity contribution in [2.45, 2.75) is 32.5 Å². The molecular weight excluding hydrogens is 319 g/mol. The van der Waals surface area contributed by atoms with Crippen molar-refractivity contribution in [3.8, 4) is 5.75 Å². The summed E-state index contributed by atoms with van der Waals surface area (Å²) in [4.78, 5) is 12.2. The number of hydrogen-bond acceptors (Lipinski definition) is 2. The number of halogens is 3. The molecule has 0 unspecified atom stereocenters. The lowest BCUT2D eigenvalue weighted by molar-refractivity contribution is -0.137. The predicted octanol–water partition coefficient (Wildman–Crippen LogP) is 4.81. The van der Waals surface area contributed by atoms with Gasteiger partial charge in [-0.3, -0.25) is 4.79 Å². The fraction of sp³-hybridized carbons (Fsp3) is 0.278. The summed E-state index contributed by atoms with van der Waals surface area (Å²) in [5.41, 5.74) is 0.604. The van der Waals surface area contributed by atoms with Crippen LogP contribution in [0.3, 0.4) is 0 Å². The van der Waals surface area contributed by atoms with Crippen LogP contribution in [0.2, 0.25) is 0 Å². The van der Waals surface area contributed by atoms with E-state index in [0.29, 0.717) is 17.9 Å². The van der Waals surface area contributed by atoms with Gasteiger partial charge >= 0.3 is 6.18 Å². The van der Waals surface area contributed by atoms with Gasteiger partial charge < -0.3 is 10.1 Å². The van der Waals surface area contributed by atoms with Crippen LogP contribution in [0.15, 0.2) is 48.5 Å². The van der Waals surface area contributed by atoms with E-state index in [1.807, 2.05) is 19.1 Å². The quantitative estimate of drug-likeness (QED) is 0.850. The van der Waals surface area contributed by atoms with Crippen molar-refractivity contribution in [3.05, 3.63) is 59.7 Å². The van der Waals surface area contributed by atoms with Crippen LogP contribution in [0.1, 0.15) is 24.5 Å². The van der Waals surface area contributed by atoms with Crippen molar-refractivity contribution in [2.75, 3.05) is 5.32 Å². The summed E-state index contributed by atoms with van der Waals surface area (Å²) in [7, 11) is 0. The molecule has 3 nitrogen and oxygen atoms in total. The van der Waals surface area contributed by atoms with Gasteiger partial charge in [-0.25, -0.2) is 0 Å². The van der Waals surface area contributed by atoms with Crippen molar-refractivity contribution in [1.82, 2.24) is 0 Å². The maximum absolute atomic E-state index is 12.5. The average molecular weight is 337 g/mol. The van der Waals surface area contributed by atoms with Gasteiger partial charge in [-0.2, -0.15) is 13.2 Å². The zero-order chi connectivity index (χ0) is 17.7. The van der Waals surface area contributed by atoms with E-state index in [2.05, 4.69) is 5.32 Å². The maximum Gasteiger partial charge on any atom is 0.416 e. The molecular formula is C18H18F3NO2. The summed E-state index contributed by atoms with van der Waals surface area (Å²) in [6.45, 7) is 3.74. The molecule has 0 aromatic heterocycles. The fourth-order valence-corrected chi connectivity index (χ4v) is 2.07. The Morgan fingerprint density at radius 1 is 1.08 bits per heavy atom. The van der Waals surface area contributed by atoms with Gasteiger partial charge in [0.2, 0.25) is 0 Å². The molecule has 6 heteroatoms. The lowest BCUT2D eigenvalue weighted by Gasteiger charge is -2.17. The molecule has 1 amide bonds. The van der Waals surface area contributed by atoms with E-state index in [9.17, 15) is 18.0 Å². The molecule has 2 aromatic rings. The highest BCUT2D eigenvalue weighted by Crippen LogP contribution is 2.29. The topological polar surface area (TPSA) is 38.3 Å². The first-order chi connectivity index (χ1) is 11.3. The first-order valence-electron chi connectivity index (χ1n) is 7.51. The summed E-state index contributed by atoms with van der Waals surface area (Å²) in [6, 6.07) is 11.6. The standard InChI is InChI=1S/C18H18F3NO2/c1-3-16(24-15-10-4-12(2)5-11-15)17(23)22-14-8-6-13(7-9-14)18(19,20)21/h4-11,16H,3H2,1-2H3,(H,22,23)/t16-/m0/s1. The molecule has 1 atom stereocenters. The van der Waals surface area contributed by atoms with E-state index in [1.165, 1.54) is 12.1 Å². The minimum absolute atomic E-state index is 0.291. The maximum atomic E-state index is 12.5. The molecule has 0 saturated heterocycles. The van der Waals surface area contributed by atoms with Crippen LogP contribution in [0.5, 0.6) is 5.75 Å². The Morgan fingerprint density at radius 2 is 1.67 bits per heavy atom. The SMILES string of the molecule is CC[C@H](Oc1ccc(C)cc1)C(=O)Nc1ccc(C(F)(F)F)cc1. The lowest BCUT2D eigenvalue weighted by atomic mass is 10.2. The van der Waals surface area contributed by atoms with Crippen molar-refractivity contribution >= 4 is 11.6 Å². The zero-order valence-electron chi connectivity index (χ0n) is 13.4. The average Bonchev–Trinajstić information content (AvgIpc) is 2.54. The Labute approximate surface area is 138 Å². The van der Waals surface area contributed by atoms with Gasteiger partial charge in [0.05, 0.1) is 5.56 Å². The van der Waals surface area contributed by atoms with E-state index in [4.69, 9.17) is 4.74 Å². The Bertz CT molecular complexity index is 679. The molecule has 0 aliphatic carbocycles. The summed E-state index contributed by atoms with van der Waals surface area (Å²) in [5.74, 6) is 0.160. The van der Waals surface area contributed by atoms with Crippen LogP contribution >= 0.6 is 0 Å². The Hall–Kier alpha value is -2.50. The molecule has 0 aliphatic heterocycles. The Kier molecular flexibility index (Phi) is 5.49. The zero-order valence-corrected chi connectivity index (χ0v) is 13.4. The van der Waals surface area contributed by atoms with Gasteiger partial charge in [0.15, 0.2) is 6.10 Å². The highest BCUT2D eigenvalue weighted by atomic mass is 19.4. The number of nitrogens with one attached hydrogen (secondary N) is 1. The molecule has 0 spiro atoms. The molecule has 2 rings (SSSR count). The van der Waals surface area contributed by atoms with Crippen molar-refractivity contribution < 1.29 is 22.7 Å². The molecule has 2 aromatic carbocycles. The third kappa shape index (κ3) is 4.75. The van der Waals surface area contributed by atoms with E-state index < -0.39 is 23.8 Å². The highest BCUT2D eigenvalue weighted by molar-refractivity contribution is 5.94. The minimum atomic E-state index is -4.40. The molecule has 0 aliphatic rings. The van der Waals surface area contributed by atoms with E-state index >= 15 is 0 Å². The number of aryl methyl sites for hydroxylation is 1. The van der Waals surface area contributed by atoms with Crippen LogP contribution in [-0.2, 0) is 11.0 Å². The van der Waals surface area contributed by atoms with Gasteiger partial charge in [0.25, 0.3) is 5.91 Å². The number of amides is 1. The molecule has 1 N–H and O–H groups in total. The second-order valence-electron chi connectivity index (χ2n) is 5.39. The van der Waals surface area contributed by atoms with Crippen LogP contribution < -0.4 is 10.1 Å². The Morgan fingerprint density at radius 3 is 2.17 bits per heavy atom. The van der Waals surface area contributed by atoms with E-state index in [1.54, 1.807) is 19.1 Å². The molecule has 0 radical (unpaired) electrons. The number of carbonyl (C=O) groups excluding carboxylic acids is 1.